The Morgan fingerprint density at radius 3 is 2.58 bits per heavy atom. The van der Waals surface area contributed by atoms with Crippen LogP contribution in [0.5, 0.6) is 0 Å². The van der Waals surface area contributed by atoms with Gasteiger partial charge in [0.25, 0.3) is 0 Å². The summed E-state index contributed by atoms with van der Waals surface area (Å²) in [5.74, 6) is -0.238. The van der Waals surface area contributed by atoms with Gasteiger partial charge in [-0.3, -0.25) is 0 Å². The molecule has 1 unspecified atom stereocenters. The zero-order chi connectivity index (χ0) is 18.1. The molecule has 4 rings (SSSR count). The Labute approximate surface area is 154 Å². The van der Waals surface area contributed by atoms with Crippen molar-refractivity contribution in [2.75, 3.05) is 0 Å². The fraction of sp³-hybridized carbons (Fsp3) is 0.455. The molecular weight excluding hydrogens is 331 g/mol. The lowest BCUT2D eigenvalue weighted by molar-refractivity contribution is -0.113. The topological polar surface area (TPSA) is 27.7 Å². The van der Waals surface area contributed by atoms with Crippen LogP contribution in [0, 0.1) is 5.82 Å². The zero-order valence-corrected chi connectivity index (χ0v) is 15.2. The predicted molar refractivity (Wildman–Crippen MR) is 97.2 cm³/mol. The Balaban J connectivity index is 1.50. The molecule has 26 heavy (non-hydrogen) atoms. The van der Waals surface area contributed by atoms with Gasteiger partial charge in [-0.25, -0.2) is 4.39 Å². The third-order valence-corrected chi connectivity index (χ3v) is 5.57. The van der Waals surface area contributed by atoms with Gasteiger partial charge in [-0.2, -0.15) is 0 Å². The highest BCUT2D eigenvalue weighted by Gasteiger charge is 2.55. The molecule has 0 saturated carbocycles. The van der Waals surface area contributed by atoms with E-state index in [-0.39, 0.29) is 42.4 Å². The summed E-state index contributed by atoms with van der Waals surface area (Å²) in [7, 11) is 0. The molecule has 2 aromatic carbocycles. The molecule has 0 bridgehead atoms. The van der Waals surface area contributed by atoms with Crippen LogP contribution >= 0.6 is 0 Å². The highest BCUT2D eigenvalue weighted by atomic mass is 19.1. The first-order valence-electron chi connectivity index (χ1n) is 9.34. The minimum absolute atomic E-state index is 0.00998. The average Bonchev–Trinajstić information content (AvgIpc) is 3.16. The Hall–Kier alpha value is -1.75. The summed E-state index contributed by atoms with van der Waals surface area (Å²) in [5.41, 5.74) is 1.34. The monoisotopic (exact) mass is 356 g/mol. The van der Waals surface area contributed by atoms with E-state index < -0.39 is 0 Å². The molecule has 0 aromatic heterocycles. The van der Waals surface area contributed by atoms with Crippen LogP contribution in [0.3, 0.4) is 0 Å². The number of benzene rings is 2. The van der Waals surface area contributed by atoms with Crippen molar-refractivity contribution in [3.63, 3.8) is 0 Å². The molecule has 0 N–H and O–H groups in total. The van der Waals surface area contributed by atoms with Gasteiger partial charge in [-0.05, 0) is 25.0 Å². The molecule has 0 spiro atoms. The van der Waals surface area contributed by atoms with E-state index in [9.17, 15) is 4.39 Å². The summed E-state index contributed by atoms with van der Waals surface area (Å²) in [5, 5.41) is 0. The van der Waals surface area contributed by atoms with Gasteiger partial charge in [0.15, 0.2) is 0 Å². The standard InChI is InChI=1S/C22H25FO3/c1-3-18-20(24-14-15-9-7-8-12-17(15)23)21-19(25-18)13-22(2,26-21)16-10-5-4-6-11-16/h4-12,18-21H,3,13-14H2,1-2H3/t18-,19-,20+,21+,22?/m1/s1. The normalized spacial score (nSPS) is 33.3. The van der Waals surface area contributed by atoms with Crippen LogP contribution in [0.15, 0.2) is 54.6 Å². The molecule has 3 nitrogen and oxygen atoms in total. The predicted octanol–water partition coefficient (Wildman–Crippen LogP) is 4.59. The van der Waals surface area contributed by atoms with Gasteiger partial charge in [-0.15, -0.1) is 0 Å². The quantitative estimate of drug-likeness (QED) is 0.784. The van der Waals surface area contributed by atoms with E-state index in [0.717, 1.165) is 18.4 Å². The van der Waals surface area contributed by atoms with Crippen molar-refractivity contribution in [1.82, 2.24) is 0 Å². The Bertz CT molecular complexity index is 750. The summed E-state index contributed by atoms with van der Waals surface area (Å²) in [6.45, 7) is 4.42. The lowest BCUT2D eigenvalue weighted by Crippen LogP contribution is -2.36. The van der Waals surface area contributed by atoms with Crippen molar-refractivity contribution in [1.29, 1.82) is 0 Å². The van der Waals surface area contributed by atoms with E-state index in [0.29, 0.717) is 5.56 Å². The van der Waals surface area contributed by atoms with E-state index in [1.54, 1.807) is 12.1 Å². The van der Waals surface area contributed by atoms with Crippen LogP contribution < -0.4 is 0 Å². The molecule has 138 valence electrons. The van der Waals surface area contributed by atoms with Crippen molar-refractivity contribution in [2.45, 2.75) is 63.3 Å². The number of ether oxygens (including phenoxy) is 3. The van der Waals surface area contributed by atoms with Gasteiger partial charge in [0.1, 0.15) is 18.0 Å². The highest BCUT2D eigenvalue weighted by Crippen LogP contribution is 2.46. The second-order valence-corrected chi connectivity index (χ2v) is 7.37. The molecule has 2 heterocycles. The van der Waals surface area contributed by atoms with E-state index in [1.807, 2.05) is 24.3 Å². The summed E-state index contributed by atoms with van der Waals surface area (Å²) in [6, 6.07) is 17.0. The minimum Gasteiger partial charge on any atom is -0.369 e. The van der Waals surface area contributed by atoms with Gasteiger partial charge in [0.05, 0.1) is 24.4 Å². The van der Waals surface area contributed by atoms with Crippen molar-refractivity contribution in [3.05, 3.63) is 71.5 Å². The van der Waals surface area contributed by atoms with E-state index >= 15 is 0 Å². The van der Waals surface area contributed by atoms with Gasteiger partial charge in [0, 0.05) is 12.0 Å². The van der Waals surface area contributed by atoms with Crippen LogP contribution in [0.4, 0.5) is 4.39 Å². The maximum atomic E-state index is 13.9. The molecule has 2 aliphatic heterocycles. The number of hydrogen-bond acceptors (Lipinski definition) is 3. The summed E-state index contributed by atoms with van der Waals surface area (Å²) < 4.78 is 32.8. The number of halogens is 1. The number of fused-ring (bicyclic) bond motifs is 1. The molecule has 2 aliphatic rings. The third kappa shape index (κ3) is 3.18. The summed E-state index contributed by atoms with van der Waals surface area (Å²) >= 11 is 0. The summed E-state index contributed by atoms with van der Waals surface area (Å²) in [4.78, 5) is 0. The minimum atomic E-state index is -0.380. The van der Waals surface area contributed by atoms with E-state index in [1.165, 1.54) is 6.07 Å². The molecule has 0 amide bonds. The van der Waals surface area contributed by atoms with Crippen molar-refractivity contribution in [2.24, 2.45) is 0 Å². The maximum absolute atomic E-state index is 13.9. The van der Waals surface area contributed by atoms with Crippen molar-refractivity contribution < 1.29 is 18.6 Å². The Morgan fingerprint density at radius 1 is 1.12 bits per heavy atom. The smallest absolute Gasteiger partial charge is 0.128 e. The molecule has 0 aliphatic carbocycles. The van der Waals surface area contributed by atoms with E-state index in [4.69, 9.17) is 14.2 Å². The zero-order valence-electron chi connectivity index (χ0n) is 15.2. The fourth-order valence-electron chi connectivity index (χ4n) is 4.15. The maximum Gasteiger partial charge on any atom is 0.128 e. The Kier molecular flexibility index (Phi) is 4.82. The molecular formula is C22H25FO3. The van der Waals surface area contributed by atoms with Crippen LogP contribution in [-0.4, -0.2) is 24.4 Å². The van der Waals surface area contributed by atoms with Crippen LogP contribution in [0.2, 0.25) is 0 Å². The lowest BCUT2D eigenvalue weighted by atomic mass is 9.92. The second-order valence-electron chi connectivity index (χ2n) is 7.37. The number of hydrogen-bond donors (Lipinski definition) is 0. The first kappa shape index (κ1) is 17.7. The lowest BCUT2D eigenvalue weighted by Gasteiger charge is -2.29. The summed E-state index contributed by atoms with van der Waals surface area (Å²) in [6.07, 6.45) is 1.33. The van der Waals surface area contributed by atoms with Crippen LogP contribution in [-0.2, 0) is 26.4 Å². The molecule has 2 aromatic rings. The van der Waals surface area contributed by atoms with Crippen molar-refractivity contribution in [3.8, 4) is 0 Å². The highest BCUT2D eigenvalue weighted by molar-refractivity contribution is 5.24. The van der Waals surface area contributed by atoms with Gasteiger partial charge in [0.2, 0.25) is 0 Å². The van der Waals surface area contributed by atoms with Crippen LogP contribution in [0.1, 0.15) is 37.8 Å². The molecule has 5 atom stereocenters. The number of rotatable bonds is 5. The SMILES string of the molecule is CC[C@H]1O[C@@H]2CC(C)(c3ccccc3)O[C@@H]2[C@H]1OCc1ccccc1F. The Morgan fingerprint density at radius 2 is 1.85 bits per heavy atom. The first-order chi connectivity index (χ1) is 12.6. The fourth-order valence-corrected chi connectivity index (χ4v) is 4.15. The molecule has 2 fully saturated rings. The van der Waals surface area contributed by atoms with Gasteiger partial charge in [-0.1, -0.05) is 55.5 Å². The molecule has 0 radical (unpaired) electrons. The van der Waals surface area contributed by atoms with Crippen LogP contribution in [0.25, 0.3) is 0 Å². The molecule has 4 heteroatoms. The van der Waals surface area contributed by atoms with Crippen molar-refractivity contribution >= 4 is 0 Å². The largest absolute Gasteiger partial charge is 0.369 e. The first-order valence-corrected chi connectivity index (χ1v) is 9.34. The van der Waals surface area contributed by atoms with Gasteiger partial charge >= 0.3 is 0 Å². The second kappa shape index (κ2) is 7.10. The molecule has 2 saturated heterocycles. The van der Waals surface area contributed by atoms with Gasteiger partial charge < -0.3 is 14.2 Å². The third-order valence-electron chi connectivity index (χ3n) is 5.57. The average molecular weight is 356 g/mol. The van der Waals surface area contributed by atoms with E-state index in [2.05, 4.69) is 26.0 Å².